The lowest BCUT2D eigenvalue weighted by Gasteiger charge is -2.24. The van der Waals surface area contributed by atoms with Crippen molar-refractivity contribution >= 4 is 29.9 Å². The number of nitrogens with two attached hydrogens (primary N) is 1. The zero-order valence-corrected chi connectivity index (χ0v) is 15.4. The molecule has 3 nitrogen and oxygen atoms in total. The molecule has 3 atom stereocenters. The van der Waals surface area contributed by atoms with Gasteiger partial charge in [-0.2, -0.15) is 0 Å². The fraction of sp³-hybridized carbons (Fsp3) is 0.278. The molecule has 25 heavy (non-hydrogen) atoms. The standard InChI is InChI=1S/C18H19ClF2N2O.ClH/c1-10(11(2)22)18(24)23-17(13-5-3-4-6-15(13)19)14-9-12(20)7-8-16(14)21;/h3-11,17H,22H2,1-2H3,(H,23,24);1H. The third-order valence-electron chi connectivity index (χ3n) is 3.97. The molecule has 0 aliphatic rings. The molecule has 0 heterocycles. The van der Waals surface area contributed by atoms with E-state index < -0.39 is 23.6 Å². The molecule has 1 amide bonds. The van der Waals surface area contributed by atoms with E-state index in [0.29, 0.717) is 10.6 Å². The minimum Gasteiger partial charge on any atom is -0.345 e. The number of halogens is 4. The molecule has 0 aliphatic carbocycles. The minimum atomic E-state index is -0.914. The Balaban J connectivity index is 0.00000312. The number of amides is 1. The number of carbonyl (C=O) groups is 1. The molecular weight excluding hydrogens is 369 g/mol. The summed E-state index contributed by atoms with van der Waals surface area (Å²) in [6.45, 7) is 3.38. The van der Waals surface area contributed by atoms with Crippen molar-refractivity contribution < 1.29 is 13.6 Å². The maximum atomic E-state index is 14.3. The second-order valence-electron chi connectivity index (χ2n) is 5.78. The molecule has 0 aromatic heterocycles. The largest absolute Gasteiger partial charge is 0.345 e. The van der Waals surface area contributed by atoms with Crippen molar-refractivity contribution in [2.45, 2.75) is 25.9 Å². The lowest BCUT2D eigenvalue weighted by Crippen LogP contribution is -2.40. The predicted octanol–water partition coefficient (Wildman–Crippen LogP) is 4.23. The Kier molecular flexibility index (Phi) is 7.80. The fourth-order valence-corrected chi connectivity index (χ4v) is 2.53. The van der Waals surface area contributed by atoms with Crippen molar-refractivity contribution in [2.24, 2.45) is 11.7 Å². The molecule has 0 aliphatic heterocycles. The summed E-state index contributed by atoms with van der Waals surface area (Å²) >= 11 is 6.19. The van der Waals surface area contributed by atoms with Gasteiger partial charge < -0.3 is 11.1 Å². The third kappa shape index (κ3) is 5.14. The van der Waals surface area contributed by atoms with Crippen LogP contribution >= 0.6 is 24.0 Å². The summed E-state index contributed by atoms with van der Waals surface area (Å²) in [6, 6.07) is 8.53. The number of hydrogen-bond donors (Lipinski definition) is 2. The maximum Gasteiger partial charge on any atom is 0.225 e. The van der Waals surface area contributed by atoms with Crippen LogP contribution in [-0.2, 0) is 4.79 Å². The monoisotopic (exact) mass is 388 g/mol. The molecule has 0 bridgehead atoms. The molecule has 3 N–H and O–H groups in total. The molecule has 0 saturated carbocycles. The summed E-state index contributed by atoms with van der Waals surface area (Å²) in [5, 5.41) is 3.08. The first-order chi connectivity index (χ1) is 11.3. The van der Waals surface area contributed by atoms with Crippen molar-refractivity contribution in [3.8, 4) is 0 Å². The first-order valence-electron chi connectivity index (χ1n) is 7.56. The van der Waals surface area contributed by atoms with Crippen LogP contribution in [0.15, 0.2) is 42.5 Å². The Morgan fingerprint density at radius 2 is 1.76 bits per heavy atom. The highest BCUT2D eigenvalue weighted by atomic mass is 35.5. The summed E-state index contributed by atoms with van der Waals surface area (Å²) in [5.41, 5.74) is 6.24. The van der Waals surface area contributed by atoms with E-state index in [2.05, 4.69) is 5.32 Å². The fourth-order valence-electron chi connectivity index (χ4n) is 2.28. The van der Waals surface area contributed by atoms with Crippen LogP contribution < -0.4 is 11.1 Å². The van der Waals surface area contributed by atoms with Gasteiger partial charge in [0.1, 0.15) is 11.6 Å². The zero-order chi connectivity index (χ0) is 17.9. The predicted molar refractivity (Wildman–Crippen MR) is 97.9 cm³/mol. The Bertz CT molecular complexity index is 741. The molecule has 3 unspecified atom stereocenters. The molecule has 0 fully saturated rings. The Morgan fingerprint density at radius 1 is 1.12 bits per heavy atom. The van der Waals surface area contributed by atoms with Crippen LogP contribution in [0.25, 0.3) is 0 Å². The Hall–Kier alpha value is -1.69. The van der Waals surface area contributed by atoms with E-state index in [1.54, 1.807) is 38.1 Å². The van der Waals surface area contributed by atoms with E-state index in [-0.39, 0.29) is 29.9 Å². The molecular formula is C18H20Cl2F2N2O. The average molecular weight is 389 g/mol. The summed E-state index contributed by atoms with van der Waals surface area (Å²) < 4.78 is 27.9. The molecule has 2 aromatic carbocycles. The lowest BCUT2D eigenvalue weighted by atomic mass is 9.96. The summed E-state index contributed by atoms with van der Waals surface area (Å²) in [7, 11) is 0. The van der Waals surface area contributed by atoms with Gasteiger partial charge in [0.25, 0.3) is 0 Å². The number of carbonyl (C=O) groups excluding carboxylic acids is 1. The topological polar surface area (TPSA) is 55.1 Å². The van der Waals surface area contributed by atoms with E-state index in [1.807, 2.05) is 0 Å². The number of hydrogen-bond acceptors (Lipinski definition) is 2. The minimum absolute atomic E-state index is 0. The summed E-state index contributed by atoms with van der Waals surface area (Å²) in [6.07, 6.45) is 0. The van der Waals surface area contributed by atoms with E-state index >= 15 is 0 Å². The van der Waals surface area contributed by atoms with Gasteiger partial charge in [-0.25, -0.2) is 8.78 Å². The van der Waals surface area contributed by atoms with Gasteiger partial charge in [0.05, 0.1) is 6.04 Å². The molecule has 7 heteroatoms. The maximum absolute atomic E-state index is 14.3. The highest BCUT2D eigenvalue weighted by Gasteiger charge is 2.26. The SMILES string of the molecule is CC(N)C(C)C(=O)NC(c1cc(F)ccc1F)c1ccccc1Cl.Cl. The van der Waals surface area contributed by atoms with Gasteiger partial charge in [0.2, 0.25) is 5.91 Å². The molecule has 0 spiro atoms. The Morgan fingerprint density at radius 3 is 2.36 bits per heavy atom. The van der Waals surface area contributed by atoms with Crippen molar-refractivity contribution in [3.63, 3.8) is 0 Å². The number of nitrogens with one attached hydrogen (secondary N) is 1. The smallest absolute Gasteiger partial charge is 0.225 e. The third-order valence-corrected chi connectivity index (χ3v) is 4.32. The normalized spacial score (nSPS) is 14.2. The van der Waals surface area contributed by atoms with Crippen LogP contribution in [0.4, 0.5) is 8.78 Å². The van der Waals surface area contributed by atoms with E-state index in [0.717, 1.165) is 18.2 Å². The summed E-state index contributed by atoms with van der Waals surface area (Å²) in [5.74, 6) is -2.08. The van der Waals surface area contributed by atoms with Crippen molar-refractivity contribution in [1.82, 2.24) is 5.32 Å². The number of rotatable bonds is 5. The van der Waals surface area contributed by atoms with Gasteiger partial charge in [-0.3, -0.25) is 4.79 Å². The highest BCUT2D eigenvalue weighted by Crippen LogP contribution is 2.30. The van der Waals surface area contributed by atoms with Gasteiger partial charge in [0, 0.05) is 22.5 Å². The zero-order valence-electron chi connectivity index (χ0n) is 13.8. The first kappa shape index (κ1) is 21.4. The van der Waals surface area contributed by atoms with Crippen molar-refractivity contribution in [1.29, 1.82) is 0 Å². The van der Waals surface area contributed by atoms with E-state index in [9.17, 15) is 13.6 Å². The molecule has 0 radical (unpaired) electrons. The van der Waals surface area contributed by atoms with Crippen LogP contribution in [0, 0.1) is 17.6 Å². The lowest BCUT2D eigenvalue weighted by molar-refractivity contribution is -0.125. The van der Waals surface area contributed by atoms with Crippen LogP contribution in [0.1, 0.15) is 31.0 Å². The van der Waals surface area contributed by atoms with E-state index in [1.165, 1.54) is 0 Å². The van der Waals surface area contributed by atoms with Crippen LogP contribution in [-0.4, -0.2) is 11.9 Å². The second kappa shape index (κ2) is 9.13. The van der Waals surface area contributed by atoms with Gasteiger partial charge >= 0.3 is 0 Å². The van der Waals surface area contributed by atoms with Crippen LogP contribution in [0.3, 0.4) is 0 Å². The van der Waals surface area contributed by atoms with Gasteiger partial charge in [0.15, 0.2) is 0 Å². The second-order valence-corrected chi connectivity index (χ2v) is 6.18. The van der Waals surface area contributed by atoms with Crippen LogP contribution in [0.5, 0.6) is 0 Å². The highest BCUT2D eigenvalue weighted by molar-refractivity contribution is 6.31. The number of benzene rings is 2. The summed E-state index contributed by atoms with van der Waals surface area (Å²) in [4.78, 5) is 12.4. The molecule has 0 saturated heterocycles. The molecule has 2 rings (SSSR count). The van der Waals surface area contributed by atoms with Crippen molar-refractivity contribution in [3.05, 3.63) is 70.2 Å². The van der Waals surface area contributed by atoms with Gasteiger partial charge in [-0.15, -0.1) is 12.4 Å². The van der Waals surface area contributed by atoms with Gasteiger partial charge in [-0.05, 0) is 36.8 Å². The van der Waals surface area contributed by atoms with E-state index in [4.69, 9.17) is 17.3 Å². The molecule has 2 aromatic rings. The van der Waals surface area contributed by atoms with Crippen LogP contribution in [0.2, 0.25) is 5.02 Å². The van der Waals surface area contributed by atoms with Crippen molar-refractivity contribution in [2.75, 3.05) is 0 Å². The Labute approximate surface area is 157 Å². The average Bonchev–Trinajstić information content (AvgIpc) is 2.54. The molecule has 136 valence electrons. The van der Waals surface area contributed by atoms with Gasteiger partial charge in [-0.1, -0.05) is 36.7 Å². The quantitative estimate of drug-likeness (QED) is 0.804. The first-order valence-corrected chi connectivity index (χ1v) is 7.94.